The van der Waals surface area contributed by atoms with Crippen molar-refractivity contribution in [1.29, 1.82) is 0 Å². The number of hydrogen-bond acceptors (Lipinski definition) is 2. The Morgan fingerprint density at radius 3 is 1.25 bits per heavy atom. The molecule has 2 nitrogen and oxygen atoms in total. The van der Waals surface area contributed by atoms with Crippen LogP contribution in [-0.4, -0.2) is 19.4 Å². The SMILES string of the molecule is CC.CC.CC.CNCC(C)=O. The zero-order chi connectivity index (χ0) is 11.0. The summed E-state index contributed by atoms with van der Waals surface area (Å²) < 4.78 is 0. The van der Waals surface area contributed by atoms with Crippen LogP contribution in [0.1, 0.15) is 48.5 Å². The van der Waals surface area contributed by atoms with Gasteiger partial charge in [-0.15, -0.1) is 0 Å². The predicted molar refractivity (Wildman–Crippen MR) is 58.7 cm³/mol. The quantitative estimate of drug-likeness (QED) is 0.702. The van der Waals surface area contributed by atoms with Gasteiger partial charge in [0.2, 0.25) is 0 Å². The first-order chi connectivity index (χ1) is 5.77. The molecule has 0 saturated carbocycles. The molecule has 0 radical (unpaired) electrons. The summed E-state index contributed by atoms with van der Waals surface area (Å²) in [5, 5.41) is 2.72. The Kier molecular flexibility index (Phi) is 86.5. The van der Waals surface area contributed by atoms with Crippen LogP contribution in [0.3, 0.4) is 0 Å². The molecular weight excluding hydrogens is 150 g/mol. The highest BCUT2D eigenvalue weighted by Crippen LogP contribution is 1.57. The fourth-order valence-electron chi connectivity index (χ4n) is 0.249. The Hall–Kier alpha value is -0.370. The molecular formula is C10H27NO. The smallest absolute Gasteiger partial charge is 0.143 e. The molecule has 0 bridgehead atoms. The highest BCUT2D eigenvalue weighted by molar-refractivity contribution is 5.77. The van der Waals surface area contributed by atoms with Crippen LogP contribution in [0.25, 0.3) is 0 Å². The van der Waals surface area contributed by atoms with Crippen LogP contribution in [0.2, 0.25) is 0 Å². The van der Waals surface area contributed by atoms with E-state index in [0.29, 0.717) is 6.54 Å². The lowest BCUT2D eigenvalue weighted by Gasteiger charge is -1.85. The largest absolute Gasteiger partial charge is 0.313 e. The lowest BCUT2D eigenvalue weighted by molar-refractivity contribution is -0.116. The minimum atomic E-state index is 0.178. The molecule has 0 unspecified atom stereocenters. The molecule has 0 spiro atoms. The minimum Gasteiger partial charge on any atom is -0.313 e. The van der Waals surface area contributed by atoms with Gasteiger partial charge in [0, 0.05) is 0 Å². The van der Waals surface area contributed by atoms with E-state index in [1.165, 1.54) is 0 Å². The van der Waals surface area contributed by atoms with Crippen LogP contribution in [-0.2, 0) is 4.79 Å². The van der Waals surface area contributed by atoms with Crippen LogP contribution in [0, 0.1) is 0 Å². The highest BCUT2D eigenvalue weighted by Gasteiger charge is 1.82. The average Bonchev–Trinajstić information content (AvgIpc) is 2.14. The molecule has 1 N–H and O–H groups in total. The molecule has 2 heteroatoms. The van der Waals surface area contributed by atoms with Crippen molar-refractivity contribution in [3.8, 4) is 0 Å². The summed E-state index contributed by atoms with van der Waals surface area (Å²) in [5.74, 6) is 0.178. The van der Waals surface area contributed by atoms with Crippen molar-refractivity contribution in [2.75, 3.05) is 13.6 Å². The number of hydrogen-bond donors (Lipinski definition) is 1. The summed E-state index contributed by atoms with van der Waals surface area (Å²) in [7, 11) is 1.75. The second-order valence-electron chi connectivity index (χ2n) is 1.23. The Bertz CT molecular complexity index is 53.8. The molecule has 0 saturated heterocycles. The molecule has 78 valence electrons. The van der Waals surface area contributed by atoms with Gasteiger partial charge in [0.05, 0.1) is 6.54 Å². The average molecular weight is 177 g/mol. The van der Waals surface area contributed by atoms with E-state index in [4.69, 9.17) is 0 Å². The summed E-state index contributed by atoms with van der Waals surface area (Å²) in [6.07, 6.45) is 0. The third-order valence-electron chi connectivity index (χ3n) is 0.426. The predicted octanol–water partition coefficient (Wildman–Crippen LogP) is 2.87. The molecule has 0 atom stereocenters. The number of likely N-dealkylation sites (N-methyl/N-ethyl adjacent to an activating group) is 1. The molecule has 0 amide bonds. The summed E-state index contributed by atoms with van der Waals surface area (Å²) in [4.78, 5) is 9.98. The summed E-state index contributed by atoms with van der Waals surface area (Å²) in [6.45, 7) is 14.0. The Balaban J connectivity index is -0.0000000453. The Labute approximate surface area is 78.8 Å². The second kappa shape index (κ2) is 46.0. The Morgan fingerprint density at radius 2 is 1.25 bits per heavy atom. The number of nitrogens with one attached hydrogen (secondary N) is 1. The standard InChI is InChI=1S/C4H9NO.3C2H6/c1-4(6)3-5-2;3*1-2/h5H,3H2,1-2H3;3*1-2H3. The minimum absolute atomic E-state index is 0.178. The zero-order valence-corrected chi connectivity index (χ0v) is 10.1. The summed E-state index contributed by atoms with van der Waals surface area (Å²) in [5.41, 5.74) is 0. The number of carbonyl (C=O) groups is 1. The molecule has 0 aliphatic heterocycles. The second-order valence-corrected chi connectivity index (χ2v) is 1.23. The van der Waals surface area contributed by atoms with E-state index in [2.05, 4.69) is 5.32 Å². The maximum atomic E-state index is 9.98. The van der Waals surface area contributed by atoms with Crippen molar-refractivity contribution in [3.63, 3.8) is 0 Å². The first-order valence-corrected chi connectivity index (χ1v) is 4.91. The van der Waals surface area contributed by atoms with Gasteiger partial charge in [-0.05, 0) is 14.0 Å². The Morgan fingerprint density at radius 1 is 1.00 bits per heavy atom. The van der Waals surface area contributed by atoms with E-state index in [0.717, 1.165) is 0 Å². The van der Waals surface area contributed by atoms with Gasteiger partial charge in [0.15, 0.2) is 0 Å². The van der Waals surface area contributed by atoms with Gasteiger partial charge in [-0.3, -0.25) is 4.79 Å². The van der Waals surface area contributed by atoms with Crippen LogP contribution in [0.4, 0.5) is 0 Å². The van der Waals surface area contributed by atoms with Crippen LogP contribution in [0.5, 0.6) is 0 Å². The van der Waals surface area contributed by atoms with Gasteiger partial charge in [0.1, 0.15) is 5.78 Å². The maximum absolute atomic E-state index is 9.98. The van der Waals surface area contributed by atoms with E-state index in [9.17, 15) is 4.79 Å². The van der Waals surface area contributed by atoms with Gasteiger partial charge < -0.3 is 5.32 Å². The van der Waals surface area contributed by atoms with E-state index < -0.39 is 0 Å². The highest BCUT2D eigenvalue weighted by atomic mass is 16.1. The van der Waals surface area contributed by atoms with E-state index in [-0.39, 0.29) is 5.78 Å². The molecule has 0 rings (SSSR count). The van der Waals surface area contributed by atoms with Gasteiger partial charge in [0.25, 0.3) is 0 Å². The van der Waals surface area contributed by atoms with Crippen molar-refractivity contribution in [2.24, 2.45) is 0 Å². The van der Waals surface area contributed by atoms with Crippen LogP contribution < -0.4 is 5.32 Å². The van der Waals surface area contributed by atoms with Crippen molar-refractivity contribution in [2.45, 2.75) is 48.5 Å². The fourth-order valence-corrected chi connectivity index (χ4v) is 0.249. The van der Waals surface area contributed by atoms with Crippen LogP contribution in [0.15, 0.2) is 0 Å². The number of carbonyl (C=O) groups excluding carboxylic acids is 1. The first kappa shape index (κ1) is 22.6. The monoisotopic (exact) mass is 177 g/mol. The molecule has 0 aromatic heterocycles. The molecule has 0 aromatic carbocycles. The van der Waals surface area contributed by atoms with E-state index >= 15 is 0 Å². The summed E-state index contributed by atoms with van der Waals surface area (Å²) >= 11 is 0. The third kappa shape index (κ3) is 104. The zero-order valence-electron chi connectivity index (χ0n) is 10.1. The van der Waals surface area contributed by atoms with Gasteiger partial charge in [-0.25, -0.2) is 0 Å². The number of rotatable bonds is 2. The fraction of sp³-hybridized carbons (Fsp3) is 0.900. The third-order valence-corrected chi connectivity index (χ3v) is 0.426. The molecule has 0 aliphatic rings. The summed E-state index contributed by atoms with van der Waals surface area (Å²) in [6, 6.07) is 0. The first-order valence-electron chi connectivity index (χ1n) is 4.91. The lowest BCUT2D eigenvalue weighted by atomic mass is 10.5. The topological polar surface area (TPSA) is 29.1 Å². The van der Waals surface area contributed by atoms with Gasteiger partial charge >= 0.3 is 0 Å². The lowest BCUT2D eigenvalue weighted by Crippen LogP contribution is -2.14. The number of ketones is 1. The van der Waals surface area contributed by atoms with Crippen molar-refractivity contribution in [3.05, 3.63) is 0 Å². The molecule has 0 fully saturated rings. The van der Waals surface area contributed by atoms with Gasteiger partial charge in [-0.1, -0.05) is 41.5 Å². The molecule has 0 aromatic rings. The van der Waals surface area contributed by atoms with E-state index in [1.807, 2.05) is 41.5 Å². The van der Waals surface area contributed by atoms with Gasteiger partial charge in [-0.2, -0.15) is 0 Å². The molecule has 12 heavy (non-hydrogen) atoms. The van der Waals surface area contributed by atoms with E-state index in [1.54, 1.807) is 14.0 Å². The van der Waals surface area contributed by atoms with Crippen LogP contribution >= 0.6 is 0 Å². The number of Topliss-reactive ketones (excluding diaryl/α,β-unsaturated/α-hetero) is 1. The van der Waals surface area contributed by atoms with Crippen molar-refractivity contribution in [1.82, 2.24) is 5.32 Å². The molecule has 0 aliphatic carbocycles. The van der Waals surface area contributed by atoms with Crippen molar-refractivity contribution >= 4 is 5.78 Å². The molecule has 0 heterocycles. The maximum Gasteiger partial charge on any atom is 0.143 e. The normalized spacial score (nSPS) is 5.67. The van der Waals surface area contributed by atoms with Crippen molar-refractivity contribution < 1.29 is 4.79 Å².